The van der Waals surface area contributed by atoms with Crippen LogP contribution in [0.3, 0.4) is 0 Å². The Morgan fingerprint density at radius 2 is 0.933 bits per heavy atom. The van der Waals surface area contributed by atoms with Crippen LogP contribution >= 0.6 is 0 Å². The second-order valence-electron chi connectivity index (χ2n) is 14.3. The summed E-state index contributed by atoms with van der Waals surface area (Å²) in [6.45, 7) is 0.921. The quantitative estimate of drug-likeness (QED) is 0.0643. The van der Waals surface area contributed by atoms with E-state index in [1.54, 1.807) is 0 Å². The largest absolute Gasteiger partial charge is 0.417 e. The maximum absolute atomic E-state index is 13.6. The van der Waals surface area contributed by atoms with Crippen LogP contribution in [-0.2, 0) is 32.4 Å². The summed E-state index contributed by atoms with van der Waals surface area (Å²) in [4.78, 5) is 5.93. The van der Waals surface area contributed by atoms with Crippen LogP contribution in [0.25, 0.3) is 22.8 Å². The predicted molar refractivity (Wildman–Crippen MR) is 203 cm³/mol. The molecular weight excluding hydrogens is 851 g/mol. The smallest absolute Gasteiger partial charge is 0.370 e. The molecule has 0 bridgehead atoms. The fourth-order valence-corrected chi connectivity index (χ4v) is 9.66. The first kappa shape index (κ1) is 45.6. The molecule has 0 aliphatic heterocycles. The minimum absolute atomic E-state index is 0.00273. The number of rotatable bonds is 10. The van der Waals surface area contributed by atoms with E-state index in [9.17, 15) is 43.2 Å². The molecule has 2 aliphatic rings. The van der Waals surface area contributed by atoms with Crippen LogP contribution in [-0.4, -0.2) is 83.1 Å². The Morgan fingerprint density at radius 1 is 0.600 bits per heavy atom. The van der Waals surface area contributed by atoms with E-state index in [2.05, 4.69) is 51.2 Å². The molecule has 0 atom stereocenters. The second-order valence-corrected chi connectivity index (χ2v) is 17.3. The van der Waals surface area contributed by atoms with Gasteiger partial charge in [-0.3, -0.25) is 9.98 Å². The number of aromatic nitrogens is 8. The summed E-state index contributed by atoms with van der Waals surface area (Å²) >= 11 is 0. The SMILES string of the molecule is NC(N)=NCC1CCC(c2ccc(C(F)(F)F)c(S(N)(=O)=O)c2-c2nn[nH]n2)CC1.NC(N)=NCC1CCC(c2ccc(C(F)(F)F)c(S(N)(=O)=O)c2-c2nn[nH]n2)CC1. The molecule has 0 spiro atoms. The van der Waals surface area contributed by atoms with Crippen molar-refractivity contribution in [3.05, 3.63) is 46.5 Å². The van der Waals surface area contributed by atoms with E-state index < -0.39 is 53.3 Å². The molecule has 0 radical (unpaired) electrons. The summed E-state index contributed by atoms with van der Waals surface area (Å²) in [5.74, 6) is -0.499. The summed E-state index contributed by atoms with van der Waals surface area (Å²) in [5, 5.41) is 36.3. The zero-order valence-corrected chi connectivity index (χ0v) is 33.1. The molecule has 2 fully saturated rings. The van der Waals surface area contributed by atoms with Crippen LogP contribution in [0.1, 0.15) is 85.5 Å². The summed E-state index contributed by atoms with van der Waals surface area (Å²) in [6, 6.07) is 4.02. The third-order valence-corrected chi connectivity index (χ3v) is 12.3. The number of benzene rings is 2. The van der Waals surface area contributed by atoms with E-state index in [4.69, 9.17) is 33.2 Å². The lowest BCUT2D eigenvalue weighted by atomic mass is 9.77. The van der Waals surface area contributed by atoms with Crippen LogP contribution in [0.15, 0.2) is 44.0 Å². The number of primary sulfonamides is 2. The normalized spacial score (nSPS) is 20.1. The van der Waals surface area contributed by atoms with E-state index in [1.807, 2.05) is 0 Å². The molecule has 328 valence electrons. The average molecular weight is 893 g/mol. The number of guanidine groups is 2. The highest BCUT2D eigenvalue weighted by Crippen LogP contribution is 2.47. The fourth-order valence-electron chi connectivity index (χ4n) is 7.69. The summed E-state index contributed by atoms with van der Waals surface area (Å²) in [5.41, 5.74) is 18.9. The Balaban J connectivity index is 0.000000228. The van der Waals surface area contributed by atoms with Crippen molar-refractivity contribution in [2.75, 3.05) is 13.1 Å². The lowest BCUT2D eigenvalue weighted by Gasteiger charge is -2.30. The molecule has 0 amide bonds. The highest BCUT2D eigenvalue weighted by molar-refractivity contribution is 7.89. The van der Waals surface area contributed by atoms with Gasteiger partial charge in [0.05, 0.1) is 11.1 Å². The number of H-pyrrole nitrogens is 2. The molecular formula is C32H42F6N16O4S2. The van der Waals surface area contributed by atoms with Crippen LogP contribution in [0.5, 0.6) is 0 Å². The van der Waals surface area contributed by atoms with Gasteiger partial charge in [-0.1, -0.05) is 12.1 Å². The molecule has 4 aromatic rings. The molecule has 0 saturated heterocycles. The number of alkyl halides is 6. The van der Waals surface area contributed by atoms with Crippen molar-refractivity contribution >= 4 is 32.0 Å². The minimum Gasteiger partial charge on any atom is -0.370 e. The van der Waals surface area contributed by atoms with Crippen molar-refractivity contribution in [1.82, 2.24) is 41.2 Å². The molecule has 60 heavy (non-hydrogen) atoms. The molecule has 14 N–H and O–H groups in total. The Morgan fingerprint density at radius 3 is 1.18 bits per heavy atom. The molecule has 2 saturated carbocycles. The highest BCUT2D eigenvalue weighted by atomic mass is 32.2. The number of hydrogen-bond donors (Lipinski definition) is 8. The van der Waals surface area contributed by atoms with E-state index >= 15 is 0 Å². The maximum Gasteiger partial charge on any atom is 0.417 e. The Labute approximate surface area is 338 Å². The molecule has 2 heterocycles. The van der Waals surface area contributed by atoms with Gasteiger partial charge in [-0.15, -0.1) is 20.4 Å². The summed E-state index contributed by atoms with van der Waals surface area (Å²) in [7, 11) is -9.50. The van der Waals surface area contributed by atoms with E-state index in [0.717, 1.165) is 37.8 Å². The van der Waals surface area contributed by atoms with Crippen LogP contribution in [0.2, 0.25) is 0 Å². The fraction of sp³-hybridized carbons (Fsp3) is 0.500. The minimum atomic E-state index is -4.93. The number of aliphatic imine (C=N–C) groups is 2. The lowest BCUT2D eigenvalue weighted by molar-refractivity contribution is -0.140. The predicted octanol–water partition coefficient (Wildman–Crippen LogP) is 2.16. The van der Waals surface area contributed by atoms with Gasteiger partial charge < -0.3 is 22.9 Å². The third kappa shape index (κ3) is 11.0. The molecule has 20 nitrogen and oxygen atoms in total. The van der Waals surface area contributed by atoms with Crippen molar-refractivity contribution in [2.24, 2.45) is 55.0 Å². The standard InChI is InChI=1S/2C16H21F3N8O2S/c2*17-16(18,19)11-6-5-10(9-3-1-8(2-4-9)7-23-15(20)21)12(13(11)30(22,28)29)14-24-26-27-25-14/h2*5-6,8-9H,1-4,7H2,(H4,20,21,23)(H2,22,28,29)(H,24,25,26,27). The van der Waals surface area contributed by atoms with Gasteiger partial charge in [0.1, 0.15) is 9.79 Å². The zero-order valence-electron chi connectivity index (χ0n) is 31.4. The maximum atomic E-state index is 13.6. The first-order valence-electron chi connectivity index (χ1n) is 18.1. The van der Waals surface area contributed by atoms with Gasteiger partial charge in [-0.2, -0.15) is 36.8 Å². The summed E-state index contributed by atoms with van der Waals surface area (Å²) < 4.78 is 130. The topological polar surface area (TPSA) is 358 Å². The monoisotopic (exact) mass is 892 g/mol. The number of tetrazole rings is 2. The number of aromatic amines is 2. The van der Waals surface area contributed by atoms with Gasteiger partial charge in [0.15, 0.2) is 11.9 Å². The Hall–Kier alpha value is -5.48. The van der Waals surface area contributed by atoms with Gasteiger partial charge in [-0.25, -0.2) is 27.1 Å². The molecule has 2 aromatic heterocycles. The first-order chi connectivity index (χ1) is 28.0. The van der Waals surface area contributed by atoms with Crippen LogP contribution < -0.4 is 33.2 Å². The highest BCUT2D eigenvalue weighted by Gasteiger charge is 2.42. The van der Waals surface area contributed by atoms with Crippen molar-refractivity contribution in [3.8, 4) is 22.8 Å². The lowest BCUT2D eigenvalue weighted by Crippen LogP contribution is -2.25. The van der Waals surface area contributed by atoms with Gasteiger partial charge in [0.2, 0.25) is 31.7 Å². The van der Waals surface area contributed by atoms with Crippen LogP contribution in [0.4, 0.5) is 26.3 Å². The average Bonchev–Trinajstić information content (AvgIpc) is 3.90. The number of halogens is 6. The molecule has 0 unspecified atom stereocenters. The molecule has 6 rings (SSSR count). The van der Waals surface area contributed by atoms with Crippen LogP contribution in [0, 0.1) is 11.8 Å². The van der Waals surface area contributed by atoms with Gasteiger partial charge in [0.25, 0.3) is 0 Å². The van der Waals surface area contributed by atoms with Crippen molar-refractivity contribution < 1.29 is 43.2 Å². The van der Waals surface area contributed by atoms with Crippen molar-refractivity contribution in [1.29, 1.82) is 0 Å². The molecule has 2 aliphatic carbocycles. The third-order valence-electron chi connectivity index (χ3n) is 10.3. The van der Waals surface area contributed by atoms with E-state index in [-0.39, 0.29) is 58.4 Å². The van der Waals surface area contributed by atoms with E-state index in [0.29, 0.717) is 49.9 Å². The number of nitrogens with zero attached hydrogens (tertiary/aromatic N) is 8. The number of sulfonamides is 2. The second kappa shape index (κ2) is 18.0. The molecule has 2 aromatic carbocycles. The number of nitrogens with two attached hydrogens (primary N) is 6. The zero-order chi connectivity index (χ0) is 44.2. The van der Waals surface area contributed by atoms with E-state index in [1.165, 1.54) is 12.1 Å². The van der Waals surface area contributed by atoms with Gasteiger partial charge in [0, 0.05) is 24.2 Å². The first-order valence-corrected chi connectivity index (χ1v) is 21.2. The number of nitrogens with one attached hydrogen (secondary N) is 2. The van der Waals surface area contributed by atoms with Gasteiger partial charge in [-0.05, 0) is 109 Å². The molecule has 28 heteroatoms. The number of hydrogen-bond acceptors (Lipinski definition) is 12. The van der Waals surface area contributed by atoms with Gasteiger partial charge >= 0.3 is 12.4 Å². The Bertz CT molecular complexity index is 2220. The van der Waals surface area contributed by atoms with Crippen molar-refractivity contribution in [3.63, 3.8) is 0 Å². The summed E-state index contributed by atoms with van der Waals surface area (Å²) in [6.07, 6.45) is -4.57. The Kier molecular flexibility index (Phi) is 13.7. The van der Waals surface area contributed by atoms with Crippen molar-refractivity contribution in [2.45, 2.75) is 85.3 Å².